The van der Waals surface area contributed by atoms with Gasteiger partial charge >= 0.3 is 5.97 Å². The van der Waals surface area contributed by atoms with Crippen LogP contribution in [0, 0.1) is 0 Å². The second-order valence-electron chi connectivity index (χ2n) is 3.70. The lowest BCUT2D eigenvalue weighted by atomic mass is 10.1. The molecule has 1 aromatic carbocycles. The normalized spacial score (nSPS) is 9.81. The van der Waals surface area contributed by atoms with Crippen LogP contribution in [0.1, 0.15) is 32.6 Å². The second-order valence-corrected chi connectivity index (χ2v) is 3.70. The number of hydrogen-bond donors (Lipinski definition) is 0. The summed E-state index contributed by atoms with van der Waals surface area (Å²) in [7, 11) is 0. The Kier molecular flexibility index (Phi) is 5.26. The number of ether oxygens (including phenoxy) is 1. The standard InChI is InChI=1S/C13H16O3/c1-11(14)7-5-6-10-13(15)16-12-8-3-2-4-9-12/h2-4,8-9H,5-7,10H2,1H3. The van der Waals surface area contributed by atoms with Gasteiger partial charge in [-0.1, -0.05) is 18.2 Å². The van der Waals surface area contributed by atoms with Gasteiger partial charge in [0.1, 0.15) is 11.5 Å². The Labute approximate surface area is 95.4 Å². The van der Waals surface area contributed by atoms with E-state index in [-0.39, 0.29) is 11.8 Å². The summed E-state index contributed by atoms with van der Waals surface area (Å²) in [6, 6.07) is 8.99. The van der Waals surface area contributed by atoms with E-state index in [9.17, 15) is 9.59 Å². The molecule has 0 saturated carbocycles. The first-order valence-electron chi connectivity index (χ1n) is 5.43. The number of rotatable bonds is 6. The van der Waals surface area contributed by atoms with Crippen molar-refractivity contribution in [2.45, 2.75) is 32.6 Å². The predicted molar refractivity (Wildman–Crippen MR) is 61.2 cm³/mol. The fourth-order valence-electron chi connectivity index (χ4n) is 1.31. The second kappa shape index (κ2) is 6.77. The number of hydrogen-bond acceptors (Lipinski definition) is 3. The van der Waals surface area contributed by atoms with Gasteiger partial charge in [-0.05, 0) is 31.9 Å². The number of Topliss-reactive ketones (excluding diaryl/α,β-unsaturated/α-hetero) is 1. The molecule has 0 aliphatic carbocycles. The van der Waals surface area contributed by atoms with Crippen LogP contribution in [-0.4, -0.2) is 11.8 Å². The number of ketones is 1. The Balaban J connectivity index is 2.19. The van der Waals surface area contributed by atoms with Gasteiger partial charge in [-0.3, -0.25) is 4.79 Å². The van der Waals surface area contributed by atoms with Crippen molar-refractivity contribution in [1.82, 2.24) is 0 Å². The quantitative estimate of drug-likeness (QED) is 0.420. The molecule has 16 heavy (non-hydrogen) atoms. The third-order valence-electron chi connectivity index (χ3n) is 2.13. The molecule has 0 N–H and O–H groups in total. The highest BCUT2D eigenvalue weighted by Crippen LogP contribution is 2.10. The molecule has 0 bridgehead atoms. The lowest BCUT2D eigenvalue weighted by molar-refractivity contribution is -0.134. The highest BCUT2D eigenvalue weighted by Gasteiger charge is 2.04. The van der Waals surface area contributed by atoms with E-state index in [1.165, 1.54) is 0 Å². The van der Waals surface area contributed by atoms with E-state index in [0.29, 0.717) is 25.0 Å². The molecule has 3 nitrogen and oxygen atoms in total. The maximum atomic E-state index is 11.3. The fourth-order valence-corrected chi connectivity index (χ4v) is 1.31. The first-order chi connectivity index (χ1) is 7.68. The van der Waals surface area contributed by atoms with Gasteiger partial charge in [-0.15, -0.1) is 0 Å². The molecule has 86 valence electrons. The van der Waals surface area contributed by atoms with Gasteiger partial charge in [-0.2, -0.15) is 0 Å². The maximum absolute atomic E-state index is 11.3. The predicted octanol–water partition coefficient (Wildman–Crippen LogP) is 2.74. The Morgan fingerprint density at radius 1 is 1.06 bits per heavy atom. The van der Waals surface area contributed by atoms with Crippen LogP contribution in [-0.2, 0) is 9.59 Å². The molecule has 0 atom stereocenters. The van der Waals surface area contributed by atoms with Crippen LogP contribution in [0.25, 0.3) is 0 Å². The molecule has 0 amide bonds. The SMILES string of the molecule is CC(=O)CCCCC(=O)Oc1ccccc1. The molecule has 0 aliphatic heterocycles. The Morgan fingerprint density at radius 2 is 1.69 bits per heavy atom. The van der Waals surface area contributed by atoms with Crippen LogP contribution in [0.4, 0.5) is 0 Å². The minimum Gasteiger partial charge on any atom is -0.427 e. The molecule has 1 aromatic rings. The van der Waals surface area contributed by atoms with Gasteiger partial charge in [-0.25, -0.2) is 0 Å². The van der Waals surface area contributed by atoms with Gasteiger partial charge in [0.15, 0.2) is 0 Å². The number of carbonyl (C=O) groups is 2. The van der Waals surface area contributed by atoms with Gasteiger partial charge < -0.3 is 9.53 Å². The van der Waals surface area contributed by atoms with Crippen LogP contribution in [0.5, 0.6) is 5.75 Å². The Morgan fingerprint density at radius 3 is 2.31 bits per heavy atom. The van der Waals surface area contributed by atoms with Crippen LogP contribution in [0.3, 0.4) is 0 Å². The van der Waals surface area contributed by atoms with Crippen LogP contribution < -0.4 is 4.74 Å². The molecule has 0 saturated heterocycles. The monoisotopic (exact) mass is 220 g/mol. The van der Waals surface area contributed by atoms with Gasteiger partial charge in [0.25, 0.3) is 0 Å². The number of para-hydroxylation sites is 1. The van der Waals surface area contributed by atoms with Crippen molar-refractivity contribution in [1.29, 1.82) is 0 Å². The lowest BCUT2D eigenvalue weighted by Crippen LogP contribution is -2.07. The highest BCUT2D eigenvalue weighted by molar-refractivity contribution is 5.75. The molecule has 0 aliphatic rings. The van der Waals surface area contributed by atoms with E-state index in [4.69, 9.17) is 4.74 Å². The maximum Gasteiger partial charge on any atom is 0.311 e. The van der Waals surface area contributed by atoms with Crippen LogP contribution in [0.2, 0.25) is 0 Å². The van der Waals surface area contributed by atoms with Crippen molar-refractivity contribution in [3.8, 4) is 5.75 Å². The largest absolute Gasteiger partial charge is 0.427 e. The third-order valence-corrected chi connectivity index (χ3v) is 2.13. The molecule has 0 aromatic heterocycles. The Hall–Kier alpha value is -1.64. The van der Waals surface area contributed by atoms with Gasteiger partial charge in [0, 0.05) is 12.8 Å². The summed E-state index contributed by atoms with van der Waals surface area (Å²) < 4.78 is 5.10. The van der Waals surface area contributed by atoms with Crippen molar-refractivity contribution in [2.75, 3.05) is 0 Å². The topological polar surface area (TPSA) is 43.4 Å². The van der Waals surface area contributed by atoms with Crippen molar-refractivity contribution in [2.24, 2.45) is 0 Å². The lowest BCUT2D eigenvalue weighted by Gasteiger charge is -2.03. The van der Waals surface area contributed by atoms with Gasteiger partial charge in [0.2, 0.25) is 0 Å². The summed E-state index contributed by atoms with van der Waals surface area (Å²) in [6.07, 6.45) is 2.35. The number of benzene rings is 1. The number of carbonyl (C=O) groups excluding carboxylic acids is 2. The highest BCUT2D eigenvalue weighted by atomic mass is 16.5. The average Bonchev–Trinajstić information content (AvgIpc) is 2.25. The molecule has 0 radical (unpaired) electrons. The fraction of sp³-hybridized carbons (Fsp3) is 0.385. The molecule has 1 rings (SSSR count). The summed E-state index contributed by atoms with van der Waals surface area (Å²) in [5, 5.41) is 0. The first-order valence-corrected chi connectivity index (χ1v) is 5.43. The van der Waals surface area contributed by atoms with Crippen LogP contribution >= 0.6 is 0 Å². The van der Waals surface area contributed by atoms with E-state index in [2.05, 4.69) is 0 Å². The molecular weight excluding hydrogens is 204 g/mol. The van der Waals surface area contributed by atoms with E-state index < -0.39 is 0 Å². The third kappa shape index (κ3) is 5.29. The first kappa shape index (κ1) is 12.4. The molecule has 3 heteroatoms. The average molecular weight is 220 g/mol. The van der Waals surface area contributed by atoms with Crippen LogP contribution in [0.15, 0.2) is 30.3 Å². The zero-order valence-corrected chi connectivity index (χ0v) is 9.44. The summed E-state index contributed by atoms with van der Waals surface area (Å²) in [5.74, 6) is 0.491. The van der Waals surface area contributed by atoms with E-state index in [1.54, 1.807) is 19.1 Å². The molecular formula is C13H16O3. The zero-order chi connectivity index (χ0) is 11.8. The number of unbranched alkanes of at least 4 members (excludes halogenated alkanes) is 1. The van der Waals surface area contributed by atoms with Crippen molar-refractivity contribution < 1.29 is 14.3 Å². The van der Waals surface area contributed by atoms with Crippen molar-refractivity contribution in [3.63, 3.8) is 0 Å². The molecule has 0 unspecified atom stereocenters. The minimum atomic E-state index is -0.241. The molecule has 0 spiro atoms. The summed E-state index contributed by atoms with van der Waals surface area (Å²) in [5.41, 5.74) is 0. The van der Waals surface area contributed by atoms with Crippen molar-refractivity contribution >= 4 is 11.8 Å². The minimum absolute atomic E-state index is 0.163. The zero-order valence-electron chi connectivity index (χ0n) is 9.44. The summed E-state index contributed by atoms with van der Waals surface area (Å²) in [4.78, 5) is 22.0. The molecule has 0 fully saturated rings. The van der Waals surface area contributed by atoms with E-state index in [1.807, 2.05) is 18.2 Å². The Bertz CT molecular complexity index is 343. The summed E-state index contributed by atoms with van der Waals surface area (Å²) in [6.45, 7) is 1.56. The van der Waals surface area contributed by atoms with Gasteiger partial charge in [0.05, 0.1) is 0 Å². The van der Waals surface area contributed by atoms with E-state index in [0.717, 1.165) is 6.42 Å². The summed E-state index contributed by atoms with van der Waals surface area (Å²) >= 11 is 0. The van der Waals surface area contributed by atoms with Crippen molar-refractivity contribution in [3.05, 3.63) is 30.3 Å². The van der Waals surface area contributed by atoms with E-state index >= 15 is 0 Å². The molecule has 0 heterocycles. The smallest absolute Gasteiger partial charge is 0.311 e. The number of esters is 1.